The van der Waals surface area contributed by atoms with Crippen molar-refractivity contribution in [1.29, 1.82) is 0 Å². The number of aromatic hydroxyl groups is 2. The van der Waals surface area contributed by atoms with Crippen LogP contribution in [0.5, 0.6) is 17.2 Å². The summed E-state index contributed by atoms with van der Waals surface area (Å²) < 4.78 is 15.7. The molecular weight excluding hydrogens is 352 g/mol. The lowest BCUT2D eigenvalue weighted by molar-refractivity contribution is 0.0426. The molecule has 0 aliphatic heterocycles. The monoisotopic (exact) mass is 370 g/mol. The number of rotatable bonds is 6. The van der Waals surface area contributed by atoms with Crippen molar-refractivity contribution in [2.75, 3.05) is 6.61 Å². The van der Waals surface area contributed by atoms with Gasteiger partial charge < -0.3 is 24.2 Å². The van der Waals surface area contributed by atoms with Crippen molar-refractivity contribution < 1.29 is 29.0 Å². The Morgan fingerprint density at radius 2 is 1.93 bits per heavy atom. The van der Waals surface area contributed by atoms with E-state index in [0.717, 1.165) is 0 Å². The number of para-hydroxylation sites is 1. The number of nitrogens with zero attached hydrogens (tertiary/aromatic N) is 2. The average Bonchev–Trinajstić information content (AvgIpc) is 3.14. The molecule has 0 amide bonds. The van der Waals surface area contributed by atoms with Gasteiger partial charge in [-0.25, -0.2) is 4.79 Å². The summed E-state index contributed by atoms with van der Waals surface area (Å²) in [6.07, 6.45) is 0. The van der Waals surface area contributed by atoms with Gasteiger partial charge in [0.1, 0.15) is 11.3 Å². The molecule has 8 nitrogen and oxygen atoms in total. The first-order chi connectivity index (χ1) is 13.0. The van der Waals surface area contributed by atoms with E-state index in [9.17, 15) is 15.0 Å². The fraction of sp³-hybridized carbons (Fsp3) is 0.211. The second-order valence-corrected chi connectivity index (χ2v) is 5.64. The molecule has 0 saturated carbocycles. The number of carbonyl (C=O) groups excluding carboxylic acids is 1. The lowest BCUT2D eigenvalue weighted by Gasteiger charge is -2.07. The average molecular weight is 370 g/mol. The van der Waals surface area contributed by atoms with Gasteiger partial charge in [-0.3, -0.25) is 0 Å². The number of benzene rings is 2. The summed E-state index contributed by atoms with van der Waals surface area (Å²) in [5.41, 5.74) is 0.944. The van der Waals surface area contributed by atoms with Crippen LogP contribution in [0.15, 0.2) is 40.9 Å². The third-order valence-corrected chi connectivity index (χ3v) is 3.80. The molecular formula is C19H18N2O6. The fourth-order valence-electron chi connectivity index (χ4n) is 2.41. The molecule has 0 bridgehead atoms. The molecule has 0 unspecified atom stereocenters. The van der Waals surface area contributed by atoms with Crippen molar-refractivity contribution in [1.82, 2.24) is 10.1 Å². The van der Waals surface area contributed by atoms with Gasteiger partial charge in [0.15, 0.2) is 18.1 Å². The van der Waals surface area contributed by atoms with Crippen LogP contribution < -0.4 is 4.74 Å². The van der Waals surface area contributed by atoms with E-state index in [1.165, 1.54) is 12.1 Å². The Kier molecular flexibility index (Phi) is 5.25. The van der Waals surface area contributed by atoms with Gasteiger partial charge in [-0.2, -0.15) is 4.98 Å². The van der Waals surface area contributed by atoms with Crippen LogP contribution in [-0.2, 0) is 11.3 Å². The van der Waals surface area contributed by atoms with Gasteiger partial charge in [0.05, 0.1) is 12.2 Å². The molecule has 2 aromatic carbocycles. The molecule has 0 saturated heterocycles. The molecule has 0 atom stereocenters. The molecule has 140 valence electrons. The van der Waals surface area contributed by atoms with Gasteiger partial charge in [0, 0.05) is 0 Å². The number of carbonyl (C=O) groups is 1. The van der Waals surface area contributed by atoms with Crippen LogP contribution in [0.3, 0.4) is 0 Å². The molecule has 0 radical (unpaired) electrons. The Labute approximate surface area is 155 Å². The lowest BCUT2D eigenvalue weighted by atomic mass is 10.1. The number of hydrogen-bond donors (Lipinski definition) is 2. The first-order valence-electron chi connectivity index (χ1n) is 8.24. The molecule has 0 aliphatic rings. The summed E-state index contributed by atoms with van der Waals surface area (Å²) in [5.74, 6) is -0.711. The molecule has 0 fully saturated rings. The number of hydrogen-bond acceptors (Lipinski definition) is 8. The van der Waals surface area contributed by atoms with E-state index >= 15 is 0 Å². The summed E-state index contributed by atoms with van der Waals surface area (Å²) >= 11 is 0. The number of phenols is 2. The van der Waals surface area contributed by atoms with Crippen LogP contribution in [0, 0.1) is 6.92 Å². The zero-order valence-electron chi connectivity index (χ0n) is 14.8. The minimum Gasteiger partial charge on any atom is -0.504 e. The van der Waals surface area contributed by atoms with Gasteiger partial charge in [-0.1, -0.05) is 23.4 Å². The molecule has 27 heavy (non-hydrogen) atoms. The highest BCUT2D eigenvalue weighted by Crippen LogP contribution is 2.32. The van der Waals surface area contributed by atoms with Crippen molar-refractivity contribution in [2.24, 2.45) is 0 Å². The highest BCUT2D eigenvalue weighted by atomic mass is 16.6. The smallest absolute Gasteiger partial charge is 0.342 e. The van der Waals surface area contributed by atoms with Crippen LogP contribution in [0.2, 0.25) is 0 Å². The quantitative estimate of drug-likeness (QED) is 0.502. The van der Waals surface area contributed by atoms with E-state index in [1.807, 2.05) is 19.1 Å². The highest BCUT2D eigenvalue weighted by molar-refractivity contribution is 5.93. The summed E-state index contributed by atoms with van der Waals surface area (Å²) in [4.78, 5) is 16.3. The number of aryl methyl sites for hydroxylation is 1. The zero-order chi connectivity index (χ0) is 19.4. The first-order valence-corrected chi connectivity index (χ1v) is 8.24. The minimum atomic E-state index is -0.822. The Hall–Kier alpha value is -3.55. The Morgan fingerprint density at radius 3 is 2.70 bits per heavy atom. The van der Waals surface area contributed by atoms with E-state index in [4.69, 9.17) is 14.0 Å². The third kappa shape index (κ3) is 3.84. The van der Waals surface area contributed by atoms with Crippen molar-refractivity contribution in [3.63, 3.8) is 0 Å². The molecule has 3 rings (SSSR count). The van der Waals surface area contributed by atoms with E-state index in [2.05, 4.69) is 10.1 Å². The van der Waals surface area contributed by atoms with Crippen molar-refractivity contribution in [3.8, 4) is 28.6 Å². The Morgan fingerprint density at radius 1 is 1.15 bits per heavy atom. The minimum absolute atomic E-state index is 0.0838. The van der Waals surface area contributed by atoms with E-state index in [-0.39, 0.29) is 23.8 Å². The predicted molar refractivity (Wildman–Crippen MR) is 94.5 cm³/mol. The number of phenolic OH excluding ortho intramolecular Hbond substituents is 2. The summed E-state index contributed by atoms with van der Waals surface area (Å²) in [5, 5.41) is 23.5. The molecule has 3 aromatic rings. The van der Waals surface area contributed by atoms with Crippen LogP contribution in [0.25, 0.3) is 11.4 Å². The topological polar surface area (TPSA) is 115 Å². The molecule has 8 heteroatoms. The largest absolute Gasteiger partial charge is 0.504 e. The summed E-state index contributed by atoms with van der Waals surface area (Å²) in [6.45, 7) is 3.68. The van der Waals surface area contributed by atoms with E-state index < -0.39 is 11.7 Å². The van der Waals surface area contributed by atoms with Gasteiger partial charge >= 0.3 is 5.97 Å². The van der Waals surface area contributed by atoms with Gasteiger partial charge in [0.2, 0.25) is 5.82 Å². The zero-order valence-corrected chi connectivity index (χ0v) is 14.8. The standard InChI is InChI=1S/C19H18N2O6/c1-3-25-14-7-5-4-6-12(14)18-20-15(27-21-18)10-26-19(24)13-9-8-11(2)16(22)17(13)23/h4-9,22-23H,3,10H2,1-2H3. The van der Waals surface area contributed by atoms with Gasteiger partial charge in [0.25, 0.3) is 5.89 Å². The molecule has 1 aromatic heterocycles. The maximum atomic E-state index is 12.1. The van der Waals surface area contributed by atoms with Gasteiger partial charge in [-0.05, 0) is 37.6 Å². The number of ether oxygens (including phenoxy) is 2. The number of esters is 1. The highest BCUT2D eigenvalue weighted by Gasteiger charge is 2.19. The van der Waals surface area contributed by atoms with Gasteiger partial charge in [-0.15, -0.1) is 0 Å². The first kappa shape index (κ1) is 18.2. The van der Waals surface area contributed by atoms with Crippen LogP contribution in [0.4, 0.5) is 0 Å². The van der Waals surface area contributed by atoms with Crippen molar-refractivity contribution in [3.05, 3.63) is 53.4 Å². The Bertz CT molecular complexity index is 967. The van der Waals surface area contributed by atoms with E-state index in [1.54, 1.807) is 19.1 Å². The maximum absolute atomic E-state index is 12.1. The number of aromatic nitrogens is 2. The SMILES string of the molecule is CCOc1ccccc1-c1noc(COC(=O)c2ccc(C)c(O)c2O)n1. The maximum Gasteiger partial charge on any atom is 0.342 e. The van der Waals surface area contributed by atoms with Crippen LogP contribution in [-0.4, -0.2) is 32.9 Å². The summed E-state index contributed by atoms with van der Waals surface area (Å²) in [6, 6.07) is 10.1. The van der Waals surface area contributed by atoms with Crippen molar-refractivity contribution in [2.45, 2.75) is 20.5 Å². The lowest BCUT2D eigenvalue weighted by Crippen LogP contribution is -2.06. The van der Waals surface area contributed by atoms with Crippen molar-refractivity contribution >= 4 is 5.97 Å². The molecule has 1 heterocycles. The second-order valence-electron chi connectivity index (χ2n) is 5.64. The predicted octanol–water partition coefficient (Wildman–Crippen LogP) is 3.21. The normalized spacial score (nSPS) is 10.6. The van der Waals surface area contributed by atoms with Crippen LogP contribution >= 0.6 is 0 Å². The van der Waals surface area contributed by atoms with E-state index in [0.29, 0.717) is 29.3 Å². The molecule has 0 aliphatic carbocycles. The van der Waals surface area contributed by atoms with Crippen LogP contribution in [0.1, 0.15) is 28.7 Å². The Balaban J connectivity index is 1.72. The molecule has 2 N–H and O–H groups in total. The molecule has 0 spiro atoms. The second kappa shape index (κ2) is 7.77. The third-order valence-electron chi connectivity index (χ3n) is 3.80. The summed E-state index contributed by atoms with van der Waals surface area (Å²) in [7, 11) is 0. The fourth-order valence-corrected chi connectivity index (χ4v) is 2.41.